The highest BCUT2D eigenvalue weighted by Gasteiger charge is 2.33. The first-order chi connectivity index (χ1) is 17.0. The molecule has 0 saturated carbocycles. The number of carbonyl (C=O) groups is 1. The average molecular weight is 536 g/mol. The molecular weight excluding hydrogens is 522 g/mol. The van der Waals surface area contributed by atoms with Crippen molar-refractivity contribution in [3.8, 4) is 17.6 Å². The lowest BCUT2D eigenvalue weighted by molar-refractivity contribution is -0.385. The monoisotopic (exact) mass is 535 g/mol. The van der Waals surface area contributed by atoms with Crippen LogP contribution in [0.25, 0.3) is 6.08 Å². The van der Waals surface area contributed by atoms with Crippen molar-refractivity contribution in [2.45, 2.75) is 12.7 Å². The number of carbonyl (C=O) groups excluding carboxylic acids is 1. The number of alkyl halides is 3. The zero-order chi connectivity index (χ0) is 26.5. The third-order valence-corrected chi connectivity index (χ3v) is 5.19. The molecule has 12 heteroatoms. The van der Waals surface area contributed by atoms with Gasteiger partial charge in [0, 0.05) is 23.2 Å². The normalized spacial score (nSPS) is 11.5. The van der Waals surface area contributed by atoms with Gasteiger partial charge in [-0.2, -0.15) is 18.4 Å². The topological polar surface area (TPSA) is 105 Å². The van der Waals surface area contributed by atoms with Gasteiger partial charge in [0.05, 0.1) is 15.5 Å². The van der Waals surface area contributed by atoms with Crippen molar-refractivity contribution in [3.63, 3.8) is 0 Å². The van der Waals surface area contributed by atoms with E-state index in [9.17, 15) is 33.3 Å². The molecule has 36 heavy (non-hydrogen) atoms. The average Bonchev–Trinajstić information content (AvgIpc) is 2.82. The first kappa shape index (κ1) is 26.5. The molecule has 0 fully saturated rings. The summed E-state index contributed by atoms with van der Waals surface area (Å²) in [7, 11) is 0. The van der Waals surface area contributed by atoms with Gasteiger partial charge in [-0.15, -0.1) is 0 Å². The fraction of sp³-hybridized carbons (Fsp3) is 0.0833. The Morgan fingerprint density at radius 1 is 1.14 bits per heavy atom. The minimum absolute atomic E-state index is 0.00638. The molecule has 184 valence electrons. The highest BCUT2D eigenvalue weighted by molar-refractivity contribution is 6.36. The number of nitrogens with zero attached hydrogens (tertiary/aromatic N) is 2. The predicted octanol–water partition coefficient (Wildman–Crippen LogP) is 6.94. The highest BCUT2D eigenvalue weighted by Crippen LogP contribution is 2.42. The number of nitro groups is 1. The van der Waals surface area contributed by atoms with Crippen molar-refractivity contribution < 1.29 is 27.6 Å². The van der Waals surface area contributed by atoms with Crippen LogP contribution in [0.1, 0.15) is 16.7 Å². The Hall–Kier alpha value is -4.07. The zero-order valence-corrected chi connectivity index (χ0v) is 19.5. The van der Waals surface area contributed by atoms with Crippen LogP contribution in [0.3, 0.4) is 0 Å². The van der Waals surface area contributed by atoms with E-state index in [1.165, 1.54) is 12.1 Å². The molecule has 3 rings (SSSR count). The fourth-order valence-electron chi connectivity index (χ4n) is 3.01. The van der Waals surface area contributed by atoms with Crippen LogP contribution in [0.4, 0.5) is 18.9 Å². The Morgan fingerprint density at radius 3 is 2.44 bits per heavy atom. The smallest absolute Gasteiger partial charge is 0.416 e. The number of hydrogen-bond acceptors (Lipinski definition) is 5. The number of amides is 1. The SMILES string of the molecule is N#C/C(=C\c1cc(Cl)cc(Cl)c1Oc1ccc(C(F)(F)F)cc1[N+](=O)[O-])C(=O)NCc1ccccc1. The summed E-state index contributed by atoms with van der Waals surface area (Å²) in [6.45, 7) is 0.135. The minimum atomic E-state index is -4.82. The predicted molar refractivity (Wildman–Crippen MR) is 127 cm³/mol. The van der Waals surface area contributed by atoms with Crippen LogP contribution in [0, 0.1) is 21.4 Å². The van der Waals surface area contributed by atoms with Crippen molar-refractivity contribution in [1.29, 1.82) is 5.26 Å². The largest absolute Gasteiger partial charge is 0.448 e. The van der Waals surface area contributed by atoms with E-state index in [-0.39, 0.29) is 33.5 Å². The minimum Gasteiger partial charge on any atom is -0.448 e. The van der Waals surface area contributed by atoms with E-state index < -0.39 is 34.0 Å². The van der Waals surface area contributed by atoms with E-state index >= 15 is 0 Å². The van der Waals surface area contributed by atoms with Gasteiger partial charge in [0.2, 0.25) is 5.75 Å². The van der Waals surface area contributed by atoms with Crippen molar-refractivity contribution in [3.05, 3.63) is 103 Å². The first-order valence-corrected chi connectivity index (χ1v) is 10.7. The molecular formula is C24H14Cl2F3N3O4. The number of nitrogens with one attached hydrogen (secondary N) is 1. The second-order valence-electron chi connectivity index (χ2n) is 7.18. The Kier molecular flexibility index (Phi) is 8.19. The maximum Gasteiger partial charge on any atom is 0.416 e. The molecule has 0 heterocycles. The van der Waals surface area contributed by atoms with Gasteiger partial charge in [0.15, 0.2) is 5.75 Å². The van der Waals surface area contributed by atoms with Crippen LogP contribution in [0.2, 0.25) is 10.0 Å². The molecule has 0 radical (unpaired) electrons. The van der Waals surface area contributed by atoms with Crippen LogP contribution in [-0.2, 0) is 17.5 Å². The standard InChI is InChI=1S/C24H14Cl2F3N3O4/c25-18-9-15(8-16(12-30)23(33)31-13-14-4-2-1-3-5-14)22(19(26)11-18)36-21-7-6-17(24(27,28)29)10-20(21)32(34)35/h1-11H,13H2,(H,31,33)/b16-8+. The molecule has 0 unspecified atom stereocenters. The quantitative estimate of drug-likeness (QED) is 0.153. The van der Waals surface area contributed by atoms with Gasteiger partial charge in [-0.25, -0.2) is 0 Å². The summed E-state index contributed by atoms with van der Waals surface area (Å²) in [6, 6.07) is 14.9. The Morgan fingerprint density at radius 2 is 1.83 bits per heavy atom. The van der Waals surface area contributed by atoms with E-state index in [0.29, 0.717) is 12.1 Å². The van der Waals surface area contributed by atoms with Crippen LogP contribution < -0.4 is 10.1 Å². The molecule has 0 atom stereocenters. The second-order valence-corrected chi connectivity index (χ2v) is 8.03. The van der Waals surface area contributed by atoms with Crippen LogP contribution in [-0.4, -0.2) is 10.8 Å². The maximum atomic E-state index is 13.0. The molecule has 0 aliphatic rings. The van der Waals surface area contributed by atoms with Gasteiger partial charge < -0.3 is 10.1 Å². The number of ether oxygens (including phenoxy) is 1. The zero-order valence-electron chi connectivity index (χ0n) is 18.0. The molecule has 3 aromatic rings. The molecule has 3 aromatic carbocycles. The number of halogens is 5. The van der Waals surface area contributed by atoms with Crippen LogP contribution >= 0.6 is 23.2 Å². The van der Waals surface area contributed by atoms with Gasteiger partial charge in [-0.3, -0.25) is 14.9 Å². The number of nitro benzene ring substituents is 1. The molecule has 0 saturated heterocycles. The summed E-state index contributed by atoms with van der Waals surface area (Å²) in [6.07, 6.45) is -3.72. The van der Waals surface area contributed by atoms with Crippen LogP contribution in [0.5, 0.6) is 11.5 Å². The molecule has 1 amide bonds. The van der Waals surface area contributed by atoms with Crippen molar-refractivity contribution >= 4 is 40.9 Å². The molecule has 0 aromatic heterocycles. The van der Waals surface area contributed by atoms with E-state index in [1.54, 1.807) is 36.4 Å². The fourth-order valence-corrected chi connectivity index (χ4v) is 3.55. The molecule has 0 spiro atoms. The lowest BCUT2D eigenvalue weighted by Gasteiger charge is -2.13. The summed E-state index contributed by atoms with van der Waals surface area (Å²) in [5.74, 6) is -1.53. The van der Waals surface area contributed by atoms with Crippen LogP contribution in [0.15, 0.2) is 66.2 Å². The molecule has 1 N–H and O–H groups in total. The Labute approximate surface area is 212 Å². The number of hydrogen-bond donors (Lipinski definition) is 1. The summed E-state index contributed by atoms with van der Waals surface area (Å²) in [5, 5.41) is 23.4. The van der Waals surface area contributed by atoms with Gasteiger partial charge in [0.25, 0.3) is 5.91 Å². The van der Waals surface area contributed by atoms with Crippen molar-refractivity contribution in [2.24, 2.45) is 0 Å². The van der Waals surface area contributed by atoms with Gasteiger partial charge in [0.1, 0.15) is 11.6 Å². The van der Waals surface area contributed by atoms with E-state index in [1.807, 2.05) is 0 Å². The molecule has 0 bridgehead atoms. The molecule has 0 aliphatic heterocycles. The third-order valence-electron chi connectivity index (χ3n) is 4.69. The van der Waals surface area contributed by atoms with Gasteiger partial charge >= 0.3 is 11.9 Å². The second kappa shape index (κ2) is 11.1. The van der Waals surface area contributed by atoms with E-state index in [0.717, 1.165) is 17.7 Å². The summed E-state index contributed by atoms with van der Waals surface area (Å²) >= 11 is 12.2. The van der Waals surface area contributed by atoms with E-state index in [4.69, 9.17) is 27.9 Å². The molecule has 7 nitrogen and oxygen atoms in total. The maximum absolute atomic E-state index is 13.0. The summed E-state index contributed by atoms with van der Waals surface area (Å²) < 4.78 is 44.6. The Bertz CT molecular complexity index is 1390. The number of rotatable bonds is 7. The van der Waals surface area contributed by atoms with Gasteiger partial charge in [-0.05, 0) is 35.9 Å². The lowest BCUT2D eigenvalue weighted by atomic mass is 10.1. The Balaban J connectivity index is 1.99. The van der Waals surface area contributed by atoms with Crippen molar-refractivity contribution in [2.75, 3.05) is 0 Å². The summed E-state index contributed by atoms with van der Waals surface area (Å²) in [4.78, 5) is 22.9. The van der Waals surface area contributed by atoms with Crippen molar-refractivity contribution in [1.82, 2.24) is 5.32 Å². The number of nitriles is 1. The highest BCUT2D eigenvalue weighted by atomic mass is 35.5. The van der Waals surface area contributed by atoms with Gasteiger partial charge in [-0.1, -0.05) is 53.5 Å². The first-order valence-electron chi connectivity index (χ1n) is 9.96. The summed E-state index contributed by atoms with van der Waals surface area (Å²) in [5.41, 5.74) is -1.80. The number of benzene rings is 3. The molecule has 0 aliphatic carbocycles. The lowest BCUT2D eigenvalue weighted by Crippen LogP contribution is -2.23. The van der Waals surface area contributed by atoms with E-state index in [2.05, 4.69) is 5.32 Å². The third kappa shape index (κ3) is 6.53.